The Kier molecular flexibility index (Phi) is 5.47. The van der Waals surface area contributed by atoms with Crippen LogP contribution in [0.2, 0.25) is 0 Å². The first-order chi connectivity index (χ1) is 10.9. The first-order valence-electron chi connectivity index (χ1n) is 8.24. The van der Waals surface area contributed by atoms with Crippen molar-refractivity contribution in [3.8, 4) is 5.75 Å². The van der Waals surface area contributed by atoms with Gasteiger partial charge in [0.15, 0.2) is 0 Å². The fourth-order valence-electron chi connectivity index (χ4n) is 3.19. The van der Waals surface area contributed by atoms with Crippen LogP contribution in [0.25, 0.3) is 5.57 Å². The predicted octanol–water partition coefficient (Wildman–Crippen LogP) is 3.25. The smallest absolute Gasteiger partial charge is 0.247 e. The summed E-state index contributed by atoms with van der Waals surface area (Å²) in [5, 5.41) is 10.3. The molecule has 1 saturated heterocycles. The number of amides is 1. The monoisotopic (exact) mass is 317 g/mol. The summed E-state index contributed by atoms with van der Waals surface area (Å²) in [7, 11) is 1.64. The average Bonchev–Trinajstić information content (AvgIpc) is 3.02. The van der Waals surface area contributed by atoms with E-state index < -0.39 is 5.60 Å². The van der Waals surface area contributed by atoms with E-state index in [1.165, 1.54) is 0 Å². The van der Waals surface area contributed by atoms with Crippen molar-refractivity contribution in [1.29, 1.82) is 0 Å². The molecule has 0 saturated carbocycles. The van der Waals surface area contributed by atoms with Gasteiger partial charge in [-0.05, 0) is 56.4 Å². The lowest BCUT2D eigenvalue weighted by atomic mass is 9.96. The Morgan fingerprint density at radius 1 is 1.39 bits per heavy atom. The van der Waals surface area contributed by atoms with Crippen LogP contribution in [0.4, 0.5) is 0 Å². The lowest BCUT2D eigenvalue weighted by molar-refractivity contribution is -0.131. The highest BCUT2D eigenvalue weighted by molar-refractivity contribution is 5.95. The molecule has 0 radical (unpaired) electrons. The summed E-state index contributed by atoms with van der Waals surface area (Å²) in [5.74, 6) is 0.791. The first-order valence-corrected chi connectivity index (χ1v) is 8.24. The number of hydrogen-bond donors (Lipinski definition) is 1. The number of likely N-dealkylation sites (tertiary alicyclic amines) is 1. The van der Waals surface area contributed by atoms with Gasteiger partial charge in [-0.2, -0.15) is 0 Å². The van der Waals surface area contributed by atoms with Gasteiger partial charge < -0.3 is 14.7 Å². The topological polar surface area (TPSA) is 49.8 Å². The minimum Gasteiger partial charge on any atom is -0.497 e. The van der Waals surface area contributed by atoms with Crippen molar-refractivity contribution in [3.63, 3.8) is 0 Å². The highest BCUT2D eigenvalue weighted by atomic mass is 16.5. The molecule has 1 aliphatic rings. The van der Waals surface area contributed by atoms with E-state index in [0.717, 1.165) is 36.1 Å². The van der Waals surface area contributed by atoms with E-state index in [-0.39, 0.29) is 11.9 Å². The Morgan fingerprint density at radius 3 is 2.57 bits per heavy atom. The number of benzene rings is 1. The zero-order chi connectivity index (χ0) is 17.0. The molecule has 1 heterocycles. The third kappa shape index (κ3) is 4.14. The molecule has 1 atom stereocenters. The van der Waals surface area contributed by atoms with Gasteiger partial charge in [-0.15, -0.1) is 0 Å². The summed E-state index contributed by atoms with van der Waals surface area (Å²) < 4.78 is 5.17. The number of carbonyl (C=O) groups excluding carboxylic acids is 1. The van der Waals surface area contributed by atoms with Crippen LogP contribution in [-0.4, -0.2) is 41.2 Å². The second kappa shape index (κ2) is 7.18. The number of hydrogen-bond acceptors (Lipinski definition) is 3. The number of allylic oxidation sites excluding steroid dienone is 1. The minimum absolute atomic E-state index is 0.0118. The van der Waals surface area contributed by atoms with Crippen molar-refractivity contribution in [1.82, 2.24) is 4.90 Å². The number of ether oxygens (including phenoxy) is 1. The van der Waals surface area contributed by atoms with Crippen molar-refractivity contribution in [3.05, 3.63) is 35.9 Å². The van der Waals surface area contributed by atoms with Gasteiger partial charge in [0, 0.05) is 12.6 Å². The van der Waals surface area contributed by atoms with Gasteiger partial charge in [0.25, 0.3) is 0 Å². The van der Waals surface area contributed by atoms with Crippen molar-refractivity contribution in [2.75, 3.05) is 13.7 Å². The van der Waals surface area contributed by atoms with Gasteiger partial charge in [-0.1, -0.05) is 19.1 Å². The zero-order valence-corrected chi connectivity index (χ0v) is 14.5. The molecule has 1 aliphatic heterocycles. The number of methoxy groups -OCH3 is 1. The molecule has 0 aliphatic carbocycles. The quantitative estimate of drug-likeness (QED) is 0.848. The molecule has 1 N–H and O–H groups in total. The number of nitrogens with zero attached hydrogens (tertiary/aromatic N) is 1. The van der Waals surface area contributed by atoms with Crippen LogP contribution in [0.3, 0.4) is 0 Å². The third-order valence-electron chi connectivity index (χ3n) is 4.49. The van der Waals surface area contributed by atoms with Gasteiger partial charge in [0.1, 0.15) is 5.75 Å². The molecule has 1 aromatic rings. The van der Waals surface area contributed by atoms with Gasteiger partial charge in [-0.3, -0.25) is 4.79 Å². The zero-order valence-electron chi connectivity index (χ0n) is 14.5. The van der Waals surface area contributed by atoms with Crippen LogP contribution in [0.5, 0.6) is 5.75 Å². The van der Waals surface area contributed by atoms with E-state index in [0.29, 0.717) is 6.54 Å². The summed E-state index contributed by atoms with van der Waals surface area (Å²) in [6, 6.07) is 7.63. The van der Waals surface area contributed by atoms with E-state index in [9.17, 15) is 9.90 Å². The summed E-state index contributed by atoms with van der Waals surface area (Å²) >= 11 is 0. The second-order valence-electron chi connectivity index (χ2n) is 6.59. The molecule has 23 heavy (non-hydrogen) atoms. The molecule has 1 fully saturated rings. The van der Waals surface area contributed by atoms with E-state index in [1.54, 1.807) is 31.9 Å². The molecule has 1 unspecified atom stereocenters. The fourth-order valence-corrected chi connectivity index (χ4v) is 3.19. The van der Waals surface area contributed by atoms with E-state index in [2.05, 4.69) is 0 Å². The molecule has 0 bridgehead atoms. The minimum atomic E-state index is -0.869. The summed E-state index contributed by atoms with van der Waals surface area (Å²) in [5.41, 5.74) is 1.16. The lowest BCUT2D eigenvalue weighted by Crippen LogP contribution is -2.47. The van der Waals surface area contributed by atoms with Crippen molar-refractivity contribution in [2.45, 2.75) is 51.7 Å². The second-order valence-corrected chi connectivity index (χ2v) is 6.59. The van der Waals surface area contributed by atoms with Crippen molar-refractivity contribution in [2.24, 2.45) is 0 Å². The average molecular weight is 317 g/mol. The molecular formula is C19H27NO3. The summed E-state index contributed by atoms with van der Waals surface area (Å²) in [6.07, 6.45) is 4.29. The highest BCUT2D eigenvalue weighted by Crippen LogP contribution is 2.28. The van der Waals surface area contributed by atoms with E-state index >= 15 is 0 Å². The molecule has 126 valence electrons. The maximum Gasteiger partial charge on any atom is 0.247 e. The predicted molar refractivity (Wildman–Crippen MR) is 92.3 cm³/mol. The van der Waals surface area contributed by atoms with Crippen LogP contribution in [0, 0.1) is 0 Å². The Bertz CT molecular complexity index is 569. The fraction of sp³-hybridized carbons (Fsp3) is 0.526. The third-order valence-corrected chi connectivity index (χ3v) is 4.49. The van der Waals surface area contributed by atoms with Crippen LogP contribution < -0.4 is 4.74 Å². The van der Waals surface area contributed by atoms with E-state index in [4.69, 9.17) is 4.74 Å². The Balaban J connectivity index is 2.21. The van der Waals surface area contributed by atoms with Gasteiger partial charge >= 0.3 is 0 Å². The van der Waals surface area contributed by atoms with Crippen molar-refractivity contribution < 1.29 is 14.6 Å². The molecule has 2 rings (SSSR count). The maximum atomic E-state index is 12.7. The Hall–Kier alpha value is -1.81. The van der Waals surface area contributed by atoms with Gasteiger partial charge in [0.2, 0.25) is 5.91 Å². The molecule has 1 aromatic carbocycles. The molecule has 0 aromatic heterocycles. The number of rotatable bonds is 5. The SMILES string of the molecule is CC/C(=C/C(=O)N1CCCC1C(C)(C)O)c1ccc(OC)cc1. The molecule has 1 amide bonds. The van der Waals surface area contributed by atoms with Crippen LogP contribution >= 0.6 is 0 Å². The normalized spacial score (nSPS) is 19.1. The highest BCUT2D eigenvalue weighted by Gasteiger charge is 2.37. The lowest BCUT2D eigenvalue weighted by Gasteiger charge is -2.33. The summed E-state index contributed by atoms with van der Waals surface area (Å²) in [4.78, 5) is 14.5. The van der Waals surface area contributed by atoms with E-state index in [1.807, 2.05) is 31.2 Å². The van der Waals surface area contributed by atoms with Crippen LogP contribution in [-0.2, 0) is 4.79 Å². The Morgan fingerprint density at radius 2 is 2.04 bits per heavy atom. The number of carbonyl (C=O) groups is 1. The standard InChI is InChI=1S/C19H27NO3/c1-5-14(15-8-10-16(23-4)11-9-15)13-18(21)20-12-6-7-17(20)19(2,3)22/h8-11,13,17,22H,5-7,12H2,1-4H3/b14-13-. The van der Waals surface area contributed by atoms with Crippen LogP contribution in [0.15, 0.2) is 30.3 Å². The van der Waals surface area contributed by atoms with Crippen LogP contribution in [0.1, 0.15) is 45.6 Å². The Labute approximate surface area is 138 Å². The molecule has 4 heteroatoms. The molecular weight excluding hydrogens is 290 g/mol. The molecule has 4 nitrogen and oxygen atoms in total. The van der Waals surface area contributed by atoms with Gasteiger partial charge in [-0.25, -0.2) is 0 Å². The summed E-state index contributed by atoms with van der Waals surface area (Å²) in [6.45, 7) is 6.30. The molecule has 0 spiro atoms. The van der Waals surface area contributed by atoms with Crippen molar-refractivity contribution >= 4 is 11.5 Å². The maximum absolute atomic E-state index is 12.7. The largest absolute Gasteiger partial charge is 0.497 e. The van der Waals surface area contributed by atoms with Gasteiger partial charge in [0.05, 0.1) is 18.8 Å². The first kappa shape index (κ1) is 17.5. The number of aliphatic hydroxyl groups is 1.